The Kier molecular flexibility index (Phi) is 3.64. The molecule has 1 aliphatic heterocycles. The highest BCUT2D eigenvalue weighted by Gasteiger charge is 2.55. The molecule has 1 saturated carbocycles. The Bertz CT molecular complexity index is 622. The SMILES string of the molecule is C=C1CC2COC(=O)C2(Cc2ccc(NC(=O)OC)cc2)C1. The number of carbonyl (C=O) groups is 2. The number of methoxy groups -OCH3 is 1. The molecule has 1 N–H and O–H groups in total. The van der Waals surface area contributed by atoms with Crippen LogP contribution < -0.4 is 5.32 Å². The fourth-order valence-electron chi connectivity index (χ4n) is 3.50. The summed E-state index contributed by atoms with van der Waals surface area (Å²) in [4.78, 5) is 23.4. The number of hydrogen-bond acceptors (Lipinski definition) is 4. The second-order valence-corrected chi connectivity index (χ2v) is 6.07. The van der Waals surface area contributed by atoms with Gasteiger partial charge in [0.15, 0.2) is 0 Å². The third kappa shape index (κ3) is 2.47. The first-order valence-corrected chi connectivity index (χ1v) is 7.31. The van der Waals surface area contributed by atoms with Crippen LogP contribution in [0, 0.1) is 11.3 Å². The number of rotatable bonds is 3. The molecule has 0 spiro atoms. The molecule has 116 valence electrons. The lowest BCUT2D eigenvalue weighted by molar-refractivity contribution is -0.146. The van der Waals surface area contributed by atoms with E-state index in [1.54, 1.807) is 0 Å². The summed E-state index contributed by atoms with van der Waals surface area (Å²) in [5, 5.41) is 2.61. The average molecular weight is 301 g/mol. The fourth-order valence-corrected chi connectivity index (χ4v) is 3.50. The Balaban J connectivity index is 1.76. The number of hydrogen-bond donors (Lipinski definition) is 1. The summed E-state index contributed by atoms with van der Waals surface area (Å²) < 4.78 is 9.83. The van der Waals surface area contributed by atoms with Crippen molar-refractivity contribution in [2.75, 3.05) is 19.0 Å². The first-order valence-electron chi connectivity index (χ1n) is 7.31. The van der Waals surface area contributed by atoms with Gasteiger partial charge in [0.05, 0.1) is 19.1 Å². The zero-order valence-corrected chi connectivity index (χ0v) is 12.6. The van der Waals surface area contributed by atoms with Gasteiger partial charge in [-0.2, -0.15) is 0 Å². The van der Waals surface area contributed by atoms with Crippen LogP contribution in [0.5, 0.6) is 0 Å². The monoisotopic (exact) mass is 301 g/mol. The first-order chi connectivity index (χ1) is 10.5. The number of nitrogens with one attached hydrogen (secondary N) is 1. The summed E-state index contributed by atoms with van der Waals surface area (Å²) in [5.74, 6) is 0.133. The number of benzene rings is 1. The molecular formula is C17H19NO4. The van der Waals surface area contributed by atoms with Crippen molar-refractivity contribution < 1.29 is 19.1 Å². The van der Waals surface area contributed by atoms with Crippen LogP contribution >= 0.6 is 0 Å². The van der Waals surface area contributed by atoms with E-state index < -0.39 is 11.5 Å². The van der Waals surface area contributed by atoms with E-state index in [1.807, 2.05) is 24.3 Å². The van der Waals surface area contributed by atoms with Gasteiger partial charge in [-0.25, -0.2) is 4.79 Å². The van der Waals surface area contributed by atoms with Gasteiger partial charge in [-0.3, -0.25) is 10.1 Å². The number of fused-ring (bicyclic) bond motifs is 1. The lowest BCUT2D eigenvalue weighted by atomic mass is 9.75. The number of allylic oxidation sites excluding steroid dienone is 1. The van der Waals surface area contributed by atoms with Gasteiger partial charge >= 0.3 is 12.1 Å². The lowest BCUT2D eigenvalue weighted by Gasteiger charge is -2.24. The highest BCUT2D eigenvalue weighted by molar-refractivity contribution is 5.84. The lowest BCUT2D eigenvalue weighted by Crippen LogP contribution is -2.31. The zero-order valence-electron chi connectivity index (χ0n) is 12.6. The van der Waals surface area contributed by atoms with E-state index >= 15 is 0 Å². The van der Waals surface area contributed by atoms with E-state index in [0.717, 1.165) is 17.6 Å². The van der Waals surface area contributed by atoms with Crippen molar-refractivity contribution in [3.8, 4) is 0 Å². The summed E-state index contributed by atoms with van der Waals surface area (Å²) in [7, 11) is 1.32. The highest BCUT2D eigenvalue weighted by atomic mass is 16.5. The standard InChI is InChI=1S/C17H19NO4/c1-11-7-13-10-22-15(19)17(13,8-11)9-12-3-5-14(6-4-12)18-16(20)21-2/h3-6,13H,1,7-10H2,2H3,(H,18,20). The topological polar surface area (TPSA) is 64.6 Å². The van der Waals surface area contributed by atoms with Crippen LogP contribution in [0.25, 0.3) is 0 Å². The molecule has 1 heterocycles. The molecular weight excluding hydrogens is 282 g/mol. The summed E-state index contributed by atoms with van der Waals surface area (Å²) in [6, 6.07) is 7.46. The Morgan fingerprint density at radius 2 is 2.18 bits per heavy atom. The molecule has 0 aromatic heterocycles. The van der Waals surface area contributed by atoms with E-state index in [2.05, 4.69) is 16.6 Å². The molecule has 1 aliphatic carbocycles. The number of anilines is 1. The number of carbonyl (C=O) groups excluding carboxylic acids is 2. The van der Waals surface area contributed by atoms with Crippen molar-refractivity contribution in [2.45, 2.75) is 19.3 Å². The maximum atomic E-state index is 12.2. The van der Waals surface area contributed by atoms with Crippen LogP contribution in [0.2, 0.25) is 0 Å². The molecule has 2 atom stereocenters. The van der Waals surface area contributed by atoms with Gasteiger partial charge in [0.25, 0.3) is 0 Å². The second-order valence-electron chi connectivity index (χ2n) is 6.07. The number of ether oxygens (including phenoxy) is 2. The van der Waals surface area contributed by atoms with Crippen LogP contribution in [-0.4, -0.2) is 25.8 Å². The number of esters is 1. The normalized spacial score (nSPS) is 26.5. The van der Waals surface area contributed by atoms with Crippen LogP contribution in [0.15, 0.2) is 36.4 Å². The van der Waals surface area contributed by atoms with Crippen molar-refractivity contribution in [2.24, 2.45) is 11.3 Å². The van der Waals surface area contributed by atoms with E-state index in [0.29, 0.717) is 25.1 Å². The zero-order chi connectivity index (χ0) is 15.7. The van der Waals surface area contributed by atoms with Gasteiger partial charge in [0, 0.05) is 11.6 Å². The molecule has 2 aliphatic rings. The van der Waals surface area contributed by atoms with E-state index in [-0.39, 0.29) is 11.9 Å². The van der Waals surface area contributed by atoms with Gasteiger partial charge < -0.3 is 9.47 Å². The molecule has 3 rings (SSSR count). The predicted molar refractivity (Wildman–Crippen MR) is 81.4 cm³/mol. The Hall–Kier alpha value is -2.30. The van der Waals surface area contributed by atoms with Crippen LogP contribution in [0.3, 0.4) is 0 Å². The summed E-state index contributed by atoms with van der Waals surface area (Å²) in [6.45, 7) is 4.54. The molecule has 2 unspecified atom stereocenters. The van der Waals surface area contributed by atoms with Gasteiger partial charge in [-0.15, -0.1) is 0 Å². The molecule has 0 radical (unpaired) electrons. The molecule has 1 aromatic carbocycles. The van der Waals surface area contributed by atoms with Gasteiger partial charge in [-0.05, 0) is 37.0 Å². The largest absolute Gasteiger partial charge is 0.465 e. The Morgan fingerprint density at radius 3 is 2.86 bits per heavy atom. The van der Waals surface area contributed by atoms with Gasteiger partial charge in [-0.1, -0.05) is 24.3 Å². The van der Waals surface area contributed by atoms with E-state index in [1.165, 1.54) is 7.11 Å². The molecule has 0 bridgehead atoms. The molecule has 1 amide bonds. The number of cyclic esters (lactones) is 1. The molecule has 5 heteroatoms. The van der Waals surface area contributed by atoms with Crippen molar-refractivity contribution in [3.63, 3.8) is 0 Å². The molecule has 2 fully saturated rings. The minimum Gasteiger partial charge on any atom is -0.465 e. The molecule has 1 saturated heterocycles. The third-order valence-electron chi connectivity index (χ3n) is 4.61. The van der Waals surface area contributed by atoms with Crippen molar-refractivity contribution in [1.29, 1.82) is 0 Å². The third-order valence-corrected chi connectivity index (χ3v) is 4.61. The predicted octanol–water partition coefficient (Wildman–Crippen LogP) is 2.92. The smallest absolute Gasteiger partial charge is 0.411 e. The quantitative estimate of drug-likeness (QED) is 0.688. The second kappa shape index (κ2) is 5.48. The van der Waals surface area contributed by atoms with E-state index in [4.69, 9.17) is 4.74 Å². The van der Waals surface area contributed by atoms with E-state index in [9.17, 15) is 9.59 Å². The summed E-state index contributed by atoms with van der Waals surface area (Å²) in [5.41, 5.74) is 2.39. The number of amides is 1. The summed E-state index contributed by atoms with van der Waals surface area (Å²) >= 11 is 0. The van der Waals surface area contributed by atoms with Crippen molar-refractivity contribution in [1.82, 2.24) is 0 Å². The first kappa shape index (κ1) is 14.6. The molecule has 1 aromatic rings. The fraction of sp³-hybridized carbons (Fsp3) is 0.412. The van der Waals surface area contributed by atoms with Crippen LogP contribution in [0.1, 0.15) is 18.4 Å². The molecule has 22 heavy (non-hydrogen) atoms. The highest BCUT2D eigenvalue weighted by Crippen LogP contribution is 2.52. The van der Waals surface area contributed by atoms with Crippen molar-refractivity contribution in [3.05, 3.63) is 42.0 Å². The average Bonchev–Trinajstić information content (AvgIpc) is 2.96. The van der Waals surface area contributed by atoms with Crippen LogP contribution in [0.4, 0.5) is 10.5 Å². The minimum atomic E-state index is -0.502. The van der Waals surface area contributed by atoms with Crippen LogP contribution in [-0.2, 0) is 20.7 Å². The maximum absolute atomic E-state index is 12.2. The van der Waals surface area contributed by atoms with Gasteiger partial charge in [0.1, 0.15) is 0 Å². The van der Waals surface area contributed by atoms with Crippen molar-refractivity contribution >= 4 is 17.7 Å². The maximum Gasteiger partial charge on any atom is 0.411 e. The van der Waals surface area contributed by atoms with Gasteiger partial charge in [0.2, 0.25) is 0 Å². The summed E-state index contributed by atoms with van der Waals surface area (Å²) in [6.07, 6.45) is 1.72. The minimum absolute atomic E-state index is 0.104. The Labute approximate surface area is 129 Å². The Morgan fingerprint density at radius 1 is 1.45 bits per heavy atom. The molecule has 5 nitrogen and oxygen atoms in total.